The van der Waals surface area contributed by atoms with Gasteiger partial charge in [-0.05, 0) is 6.07 Å². The maximum absolute atomic E-state index is 12.6. The van der Waals surface area contributed by atoms with Crippen LogP contribution in [0.3, 0.4) is 0 Å². The third-order valence-corrected chi connectivity index (χ3v) is 2.39. The molecule has 0 radical (unpaired) electrons. The van der Waals surface area contributed by atoms with Crippen LogP contribution in [0.15, 0.2) is 24.5 Å². The fraction of sp³-hybridized carbons (Fsp3) is 0.182. The van der Waals surface area contributed by atoms with E-state index in [0.717, 1.165) is 0 Å². The van der Waals surface area contributed by atoms with Crippen molar-refractivity contribution in [2.75, 3.05) is 7.11 Å². The van der Waals surface area contributed by atoms with Crippen LogP contribution in [-0.4, -0.2) is 22.1 Å². The Kier molecular flexibility index (Phi) is 3.57. The van der Waals surface area contributed by atoms with Gasteiger partial charge in [0.15, 0.2) is 0 Å². The number of hydrogen-bond donors (Lipinski definition) is 0. The summed E-state index contributed by atoms with van der Waals surface area (Å²) in [4.78, 5) is 10.4. The predicted molar refractivity (Wildman–Crippen MR) is 61.8 cm³/mol. The van der Waals surface area contributed by atoms with Crippen molar-refractivity contribution in [2.45, 2.75) is 6.18 Å². The molecule has 2 rings (SSSR count). The SMILES string of the molecule is COc1cncc(-c2cc(Cl)nc(C(F)(F)F)n2)c1. The Hall–Kier alpha value is -1.89. The van der Waals surface area contributed by atoms with Crippen molar-refractivity contribution in [2.24, 2.45) is 0 Å². The summed E-state index contributed by atoms with van der Waals surface area (Å²) in [6.07, 6.45) is -1.87. The molecule has 0 amide bonds. The van der Waals surface area contributed by atoms with E-state index < -0.39 is 12.0 Å². The molecule has 0 aliphatic carbocycles. The Morgan fingerprint density at radius 1 is 1.16 bits per heavy atom. The standard InChI is InChI=1S/C11H7ClF3N3O/c1-19-7-2-6(4-16-5-7)8-3-9(12)18-10(17-8)11(13,14)15/h2-5H,1H3. The minimum atomic E-state index is -4.66. The summed E-state index contributed by atoms with van der Waals surface area (Å²) in [7, 11) is 1.43. The lowest BCUT2D eigenvalue weighted by Crippen LogP contribution is -2.11. The molecule has 2 heterocycles. The monoisotopic (exact) mass is 289 g/mol. The first-order valence-electron chi connectivity index (χ1n) is 5.01. The van der Waals surface area contributed by atoms with Crippen LogP contribution in [0.25, 0.3) is 11.3 Å². The van der Waals surface area contributed by atoms with Gasteiger partial charge in [0.2, 0.25) is 5.82 Å². The average molecular weight is 290 g/mol. The molecule has 0 aliphatic rings. The second-order valence-corrected chi connectivity index (χ2v) is 3.90. The first-order chi connectivity index (χ1) is 8.90. The van der Waals surface area contributed by atoms with Gasteiger partial charge >= 0.3 is 6.18 Å². The number of pyridine rings is 1. The number of ether oxygens (including phenoxy) is 1. The van der Waals surface area contributed by atoms with E-state index >= 15 is 0 Å². The van der Waals surface area contributed by atoms with Crippen LogP contribution >= 0.6 is 11.6 Å². The number of rotatable bonds is 2. The molecular formula is C11H7ClF3N3O. The maximum atomic E-state index is 12.6. The number of nitrogens with zero attached hydrogens (tertiary/aromatic N) is 3. The smallest absolute Gasteiger partial charge is 0.451 e. The Bertz CT molecular complexity index is 604. The zero-order valence-electron chi connectivity index (χ0n) is 9.57. The Morgan fingerprint density at radius 2 is 1.89 bits per heavy atom. The molecule has 0 saturated heterocycles. The molecule has 0 saturated carbocycles. The summed E-state index contributed by atoms with van der Waals surface area (Å²) < 4.78 is 42.7. The molecule has 100 valence electrons. The first kappa shape index (κ1) is 13.5. The average Bonchev–Trinajstić information content (AvgIpc) is 2.37. The lowest BCUT2D eigenvalue weighted by Gasteiger charge is -2.08. The molecule has 0 unspecified atom stereocenters. The molecule has 4 nitrogen and oxygen atoms in total. The van der Waals surface area contributed by atoms with Gasteiger partial charge in [-0.3, -0.25) is 4.98 Å². The number of alkyl halides is 3. The van der Waals surface area contributed by atoms with Gasteiger partial charge in [0.1, 0.15) is 10.9 Å². The van der Waals surface area contributed by atoms with Crippen LogP contribution in [0.2, 0.25) is 5.15 Å². The van der Waals surface area contributed by atoms with Gasteiger partial charge in [-0.1, -0.05) is 11.6 Å². The topological polar surface area (TPSA) is 47.9 Å². The molecular weight excluding hydrogens is 283 g/mol. The lowest BCUT2D eigenvalue weighted by molar-refractivity contribution is -0.144. The second kappa shape index (κ2) is 5.00. The van der Waals surface area contributed by atoms with E-state index in [4.69, 9.17) is 16.3 Å². The number of aromatic nitrogens is 3. The van der Waals surface area contributed by atoms with E-state index in [1.807, 2.05) is 0 Å². The van der Waals surface area contributed by atoms with E-state index in [2.05, 4.69) is 15.0 Å². The molecule has 0 spiro atoms. The largest absolute Gasteiger partial charge is 0.495 e. The van der Waals surface area contributed by atoms with Crippen molar-refractivity contribution in [3.8, 4) is 17.0 Å². The maximum Gasteiger partial charge on any atom is 0.451 e. The third kappa shape index (κ3) is 3.11. The summed E-state index contributed by atoms with van der Waals surface area (Å²) in [5, 5.41) is -0.292. The van der Waals surface area contributed by atoms with Crippen LogP contribution in [-0.2, 0) is 6.18 Å². The normalized spacial score (nSPS) is 11.4. The fourth-order valence-electron chi connectivity index (χ4n) is 1.36. The van der Waals surface area contributed by atoms with Crippen LogP contribution < -0.4 is 4.74 Å². The number of hydrogen-bond acceptors (Lipinski definition) is 4. The quantitative estimate of drug-likeness (QED) is 0.797. The van der Waals surface area contributed by atoms with Gasteiger partial charge in [0, 0.05) is 17.8 Å². The molecule has 0 atom stereocenters. The van der Waals surface area contributed by atoms with E-state index in [1.165, 1.54) is 31.6 Å². The van der Waals surface area contributed by atoms with Crippen molar-refractivity contribution < 1.29 is 17.9 Å². The Balaban J connectivity index is 2.53. The van der Waals surface area contributed by atoms with Crippen molar-refractivity contribution in [3.63, 3.8) is 0 Å². The van der Waals surface area contributed by atoms with E-state index in [9.17, 15) is 13.2 Å². The molecule has 0 aromatic carbocycles. The second-order valence-electron chi connectivity index (χ2n) is 3.51. The molecule has 2 aromatic heterocycles. The van der Waals surface area contributed by atoms with Gasteiger partial charge < -0.3 is 4.74 Å². The van der Waals surface area contributed by atoms with Gasteiger partial charge in [0.25, 0.3) is 0 Å². The highest BCUT2D eigenvalue weighted by Gasteiger charge is 2.35. The molecule has 0 aliphatic heterocycles. The zero-order chi connectivity index (χ0) is 14.0. The summed E-state index contributed by atoms with van der Waals surface area (Å²) in [5.41, 5.74) is 0.382. The molecule has 2 aromatic rings. The highest BCUT2D eigenvalue weighted by molar-refractivity contribution is 6.29. The summed E-state index contributed by atoms with van der Waals surface area (Å²) in [6, 6.07) is 2.74. The molecule has 8 heteroatoms. The van der Waals surface area contributed by atoms with Crippen LogP contribution in [0.4, 0.5) is 13.2 Å². The summed E-state index contributed by atoms with van der Waals surface area (Å²) in [5.74, 6) is -0.890. The van der Waals surface area contributed by atoms with E-state index in [1.54, 1.807) is 0 Å². The minimum Gasteiger partial charge on any atom is -0.495 e. The first-order valence-corrected chi connectivity index (χ1v) is 5.39. The van der Waals surface area contributed by atoms with Crippen LogP contribution in [0.5, 0.6) is 5.75 Å². The Morgan fingerprint density at radius 3 is 2.53 bits per heavy atom. The summed E-state index contributed by atoms with van der Waals surface area (Å²) >= 11 is 5.58. The highest BCUT2D eigenvalue weighted by atomic mass is 35.5. The lowest BCUT2D eigenvalue weighted by atomic mass is 10.2. The van der Waals surface area contributed by atoms with Gasteiger partial charge in [-0.15, -0.1) is 0 Å². The van der Waals surface area contributed by atoms with Crippen LogP contribution in [0, 0.1) is 0 Å². The molecule has 0 N–H and O–H groups in total. The van der Waals surface area contributed by atoms with Crippen molar-refractivity contribution >= 4 is 11.6 Å². The van der Waals surface area contributed by atoms with E-state index in [-0.39, 0.29) is 10.8 Å². The van der Waals surface area contributed by atoms with Gasteiger partial charge in [0.05, 0.1) is 19.0 Å². The van der Waals surface area contributed by atoms with Gasteiger partial charge in [-0.25, -0.2) is 9.97 Å². The van der Waals surface area contributed by atoms with Crippen LogP contribution in [0.1, 0.15) is 5.82 Å². The number of halogens is 4. The Labute approximate surface area is 111 Å². The summed E-state index contributed by atoms with van der Waals surface area (Å²) in [6.45, 7) is 0. The minimum absolute atomic E-state index is 0.0266. The molecule has 0 bridgehead atoms. The fourth-order valence-corrected chi connectivity index (χ4v) is 1.55. The predicted octanol–water partition coefficient (Wildman–Crippen LogP) is 3.22. The highest BCUT2D eigenvalue weighted by Crippen LogP contribution is 2.30. The molecule has 0 fully saturated rings. The van der Waals surface area contributed by atoms with Crippen molar-refractivity contribution in [3.05, 3.63) is 35.5 Å². The van der Waals surface area contributed by atoms with E-state index in [0.29, 0.717) is 11.3 Å². The third-order valence-electron chi connectivity index (χ3n) is 2.19. The van der Waals surface area contributed by atoms with Crippen molar-refractivity contribution in [1.82, 2.24) is 15.0 Å². The van der Waals surface area contributed by atoms with Gasteiger partial charge in [-0.2, -0.15) is 13.2 Å². The van der Waals surface area contributed by atoms with Crippen molar-refractivity contribution in [1.29, 1.82) is 0 Å². The molecule has 19 heavy (non-hydrogen) atoms. The number of methoxy groups -OCH3 is 1. The zero-order valence-corrected chi connectivity index (χ0v) is 10.3.